The van der Waals surface area contributed by atoms with Gasteiger partial charge < -0.3 is 24.4 Å². The van der Waals surface area contributed by atoms with Gasteiger partial charge in [-0.25, -0.2) is 9.59 Å². The first-order chi connectivity index (χ1) is 17.5. The fourth-order valence-corrected chi connectivity index (χ4v) is 4.59. The quantitative estimate of drug-likeness (QED) is 0.535. The molecule has 1 aliphatic heterocycles. The topological polar surface area (TPSA) is 94.2 Å². The summed E-state index contributed by atoms with van der Waals surface area (Å²) >= 11 is 0. The summed E-state index contributed by atoms with van der Waals surface area (Å²) in [7, 11) is 2.84. The lowest BCUT2D eigenvalue weighted by atomic mass is 9.91. The number of rotatable bonds is 8. The molecule has 2 amide bonds. The van der Waals surface area contributed by atoms with E-state index in [0.717, 1.165) is 16.7 Å². The predicted octanol–water partition coefficient (Wildman–Crippen LogP) is 4.21. The van der Waals surface area contributed by atoms with Gasteiger partial charge in [0.05, 0.1) is 13.2 Å². The Labute approximate surface area is 219 Å². The molecule has 0 aliphatic carbocycles. The number of carbonyl (C=O) groups is 3. The lowest BCUT2D eigenvalue weighted by Gasteiger charge is -2.32. The smallest absolute Gasteiger partial charge is 0.408 e. The van der Waals surface area contributed by atoms with Crippen molar-refractivity contribution in [3.8, 4) is 11.1 Å². The molecule has 8 heteroatoms. The number of amides is 2. The van der Waals surface area contributed by atoms with Crippen LogP contribution in [-0.2, 0) is 30.2 Å². The van der Waals surface area contributed by atoms with Gasteiger partial charge in [0, 0.05) is 20.1 Å². The molecule has 200 valence electrons. The second-order valence-electron chi connectivity index (χ2n) is 10.5. The zero-order chi connectivity index (χ0) is 27.2. The maximum Gasteiger partial charge on any atom is 0.408 e. The number of benzene rings is 2. The molecule has 0 radical (unpaired) electrons. The first kappa shape index (κ1) is 28.2. The van der Waals surface area contributed by atoms with Gasteiger partial charge in [-0.1, -0.05) is 61.5 Å². The molecule has 3 rings (SSSR count). The van der Waals surface area contributed by atoms with Crippen LogP contribution in [0.3, 0.4) is 0 Å². The molecule has 3 unspecified atom stereocenters. The summed E-state index contributed by atoms with van der Waals surface area (Å²) in [6.45, 7) is 7.43. The maximum absolute atomic E-state index is 13.8. The van der Waals surface area contributed by atoms with Crippen molar-refractivity contribution in [1.29, 1.82) is 0 Å². The largest absolute Gasteiger partial charge is 0.467 e. The lowest BCUT2D eigenvalue weighted by Crippen LogP contribution is -2.55. The van der Waals surface area contributed by atoms with Crippen LogP contribution < -0.4 is 5.32 Å². The molecule has 1 aliphatic rings. The van der Waals surface area contributed by atoms with E-state index in [-0.39, 0.29) is 24.5 Å². The molecule has 0 saturated carbocycles. The standard InChI is InChI=1S/C29H38N2O6/c1-19(16-20-12-14-22(15-13-20)21-10-8-7-9-11-21)25(30-28(34)37-29(2,3)4)26(32)31-18-23(35-5)17-24(31)27(33)36-6/h7-15,19,23-25H,16-18H2,1-6H3,(H,30,34)/t19?,23?,24?,25-/m0/s1. The molecule has 0 aromatic heterocycles. The highest BCUT2D eigenvalue weighted by molar-refractivity contribution is 5.90. The van der Waals surface area contributed by atoms with Crippen LogP contribution in [-0.4, -0.2) is 67.4 Å². The minimum atomic E-state index is -0.911. The number of nitrogens with one attached hydrogen (secondary N) is 1. The van der Waals surface area contributed by atoms with Crippen molar-refractivity contribution in [3.05, 3.63) is 60.2 Å². The number of likely N-dealkylation sites (tertiary alicyclic amines) is 1. The first-order valence-corrected chi connectivity index (χ1v) is 12.6. The highest BCUT2D eigenvalue weighted by Gasteiger charge is 2.44. The summed E-state index contributed by atoms with van der Waals surface area (Å²) in [5.41, 5.74) is 2.52. The molecule has 1 N–H and O–H groups in total. The Morgan fingerprint density at radius 1 is 1.00 bits per heavy atom. The van der Waals surface area contributed by atoms with Crippen molar-refractivity contribution in [2.24, 2.45) is 5.92 Å². The van der Waals surface area contributed by atoms with Crippen LogP contribution in [0.5, 0.6) is 0 Å². The van der Waals surface area contributed by atoms with Gasteiger partial charge in [0.15, 0.2) is 0 Å². The Morgan fingerprint density at radius 2 is 1.62 bits per heavy atom. The third-order valence-corrected chi connectivity index (χ3v) is 6.48. The summed E-state index contributed by atoms with van der Waals surface area (Å²) in [5.74, 6) is -1.16. The average Bonchev–Trinajstić information content (AvgIpc) is 3.31. The van der Waals surface area contributed by atoms with Crippen molar-refractivity contribution in [2.45, 2.75) is 64.3 Å². The van der Waals surface area contributed by atoms with Crippen LogP contribution in [0.2, 0.25) is 0 Å². The van der Waals surface area contributed by atoms with Gasteiger partial charge in [0.2, 0.25) is 5.91 Å². The Kier molecular flexibility index (Phi) is 9.32. The molecular weight excluding hydrogens is 472 g/mol. The van der Waals surface area contributed by atoms with Gasteiger partial charge in [0.1, 0.15) is 17.7 Å². The first-order valence-electron chi connectivity index (χ1n) is 12.6. The molecule has 1 saturated heterocycles. The summed E-state index contributed by atoms with van der Waals surface area (Å²) < 4.78 is 15.8. The molecule has 8 nitrogen and oxygen atoms in total. The van der Waals surface area contributed by atoms with Crippen molar-refractivity contribution in [1.82, 2.24) is 10.2 Å². The number of esters is 1. The van der Waals surface area contributed by atoms with Crippen molar-refractivity contribution < 1.29 is 28.6 Å². The Balaban J connectivity index is 1.82. The van der Waals surface area contributed by atoms with E-state index in [1.807, 2.05) is 49.4 Å². The number of carbonyl (C=O) groups excluding carboxylic acids is 3. The third-order valence-electron chi connectivity index (χ3n) is 6.48. The van der Waals surface area contributed by atoms with Crippen LogP contribution in [0.1, 0.15) is 39.7 Å². The number of methoxy groups -OCH3 is 2. The van der Waals surface area contributed by atoms with Crippen LogP contribution in [0.15, 0.2) is 54.6 Å². The molecular formula is C29H38N2O6. The fourth-order valence-electron chi connectivity index (χ4n) is 4.59. The summed E-state index contributed by atoms with van der Waals surface area (Å²) in [5, 5.41) is 2.77. The highest BCUT2D eigenvalue weighted by Crippen LogP contribution is 2.26. The van der Waals surface area contributed by atoms with E-state index in [2.05, 4.69) is 17.4 Å². The highest BCUT2D eigenvalue weighted by atomic mass is 16.6. The van der Waals surface area contributed by atoms with Crippen LogP contribution in [0.25, 0.3) is 11.1 Å². The van der Waals surface area contributed by atoms with E-state index in [1.54, 1.807) is 27.9 Å². The monoisotopic (exact) mass is 510 g/mol. The summed E-state index contributed by atoms with van der Waals surface area (Å²) in [4.78, 5) is 40.4. The number of hydrogen-bond donors (Lipinski definition) is 1. The van der Waals surface area contributed by atoms with Gasteiger partial charge in [-0.05, 0) is 49.8 Å². The minimum absolute atomic E-state index is 0.236. The van der Waals surface area contributed by atoms with Crippen LogP contribution >= 0.6 is 0 Å². The van der Waals surface area contributed by atoms with Crippen molar-refractivity contribution >= 4 is 18.0 Å². The second kappa shape index (κ2) is 12.2. The molecule has 2 aromatic carbocycles. The van der Waals surface area contributed by atoms with E-state index in [9.17, 15) is 14.4 Å². The fraction of sp³-hybridized carbons (Fsp3) is 0.483. The number of hydrogen-bond acceptors (Lipinski definition) is 6. The van der Waals surface area contributed by atoms with Gasteiger partial charge in [0.25, 0.3) is 0 Å². The normalized spacial score (nSPS) is 19.1. The van der Waals surface area contributed by atoms with Gasteiger partial charge >= 0.3 is 12.1 Å². The molecule has 1 fully saturated rings. The van der Waals surface area contributed by atoms with Crippen molar-refractivity contribution in [3.63, 3.8) is 0 Å². The lowest BCUT2D eigenvalue weighted by molar-refractivity contribution is -0.152. The minimum Gasteiger partial charge on any atom is -0.467 e. The third kappa shape index (κ3) is 7.55. The van der Waals surface area contributed by atoms with E-state index in [1.165, 1.54) is 12.0 Å². The van der Waals surface area contributed by atoms with Gasteiger partial charge in [-0.15, -0.1) is 0 Å². The SMILES string of the molecule is COC(=O)C1CC(OC)CN1C(=O)[C@@H](NC(=O)OC(C)(C)C)C(C)Cc1ccc(-c2ccccc2)cc1. The van der Waals surface area contributed by atoms with E-state index >= 15 is 0 Å². The second-order valence-corrected chi connectivity index (χ2v) is 10.5. The molecule has 0 spiro atoms. The number of nitrogens with zero attached hydrogens (tertiary/aromatic N) is 1. The zero-order valence-electron chi connectivity index (χ0n) is 22.5. The van der Waals surface area contributed by atoms with Gasteiger partial charge in [-0.3, -0.25) is 4.79 Å². The number of alkyl carbamates (subject to hydrolysis) is 1. The maximum atomic E-state index is 13.8. The van der Waals surface area contributed by atoms with Crippen LogP contribution in [0, 0.1) is 5.92 Å². The summed E-state index contributed by atoms with van der Waals surface area (Å²) in [6.07, 6.45) is -0.111. The van der Waals surface area contributed by atoms with Crippen LogP contribution in [0.4, 0.5) is 4.79 Å². The Morgan fingerprint density at radius 3 is 2.19 bits per heavy atom. The van der Waals surface area contributed by atoms with Gasteiger partial charge in [-0.2, -0.15) is 0 Å². The number of ether oxygens (including phenoxy) is 3. The Hall–Kier alpha value is -3.39. The summed E-state index contributed by atoms with van der Waals surface area (Å²) in [6, 6.07) is 16.6. The predicted molar refractivity (Wildman–Crippen MR) is 141 cm³/mol. The molecule has 0 bridgehead atoms. The zero-order valence-corrected chi connectivity index (χ0v) is 22.5. The van der Waals surface area contributed by atoms with E-state index in [4.69, 9.17) is 14.2 Å². The Bertz CT molecular complexity index is 1060. The molecule has 2 aromatic rings. The molecule has 37 heavy (non-hydrogen) atoms. The van der Waals surface area contributed by atoms with Crippen molar-refractivity contribution in [2.75, 3.05) is 20.8 Å². The van der Waals surface area contributed by atoms with E-state index < -0.39 is 29.7 Å². The van der Waals surface area contributed by atoms with E-state index in [0.29, 0.717) is 12.8 Å². The molecule has 1 heterocycles. The average molecular weight is 511 g/mol. The molecule has 4 atom stereocenters.